The van der Waals surface area contributed by atoms with Gasteiger partial charge in [0.1, 0.15) is 0 Å². The number of nitrogens with one attached hydrogen (secondary N) is 1. The van der Waals surface area contributed by atoms with E-state index in [9.17, 15) is 9.59 Å². The number of nitrogens with two attached hydrogens (primary N) is 1. The minimum Gasteiger partial charge on any atom is -0.381 e. The third-order valence-corrected chi connectivity index (χ3v) is 5.62. The Morgan fingerprint density at radius 3 is 2.68 bits per heavy atom. The summed E-state index contributed by atoms with van der Waals surface area (Å²) in [6.07, 6.45) is 2.43. The molecule has 2 fully saturated rings. The Morgan fingerprint density at radius 1 is 1.32 bits per heavy atom. The summed E-state index contributed by atoms with van der Waals surface area (Å²) in [6.45, 7) is 5.11. The Kier molecular flexibility index (Phi) is 5.27. The zero-order chi connectivity index (χ0) is 17.9. The van der Waals surface area contributed by atoms with E-state index in [0.717, 1.165) is 12.8 Å². The quantitative estimate of drug-likeness (QED) is 0.868. The van der Waals surface area contributed by atoms with E-state index in [1.54, 1.807) is 4.90 Å². The summed E-state index contributed by atoms with van der Waals surface area (Å²) >= 11 is 0. The number of nitrogens with zero attached hydrogens (tertiary/aromatic N) is 1. The van der Waals surface area contributed by atoms with Crippen LogP contribution in [0.15, 0.2) is 24.3 Å². The topological polar surface area (TPSA) is 84.7 Å². The van der Waals surface area contributed by atoms with Gasteiger partial charge < -0.3 is 20.7 Å². The fourth-order valence-electron chi connectivity index (χ4n) is 4.00. The van der Waals surface area contributed by atoms with Crippen LogP contribution in [0.2, 0.25) is 0 Å². The van der Waals surface area contributed by atoms with Crippen LogP contribution in [0, 0.1) is 12.8 Å². The number of rotatable bonds is 4. The Morgan fingerprint density at radius 2 is 2.04 bits per heavy atom. The highest BCUT2D eigenvalue weighted by molar-refractivity contribution is 5.80. The molecule has 3 N–H and O–H groups in total. The van der Waals surface area contributed by atoms with Gasteiger partial charge in [0.2, 0.25) is 5.91 Å². The molecule has 0 saturated carbocycles. The molecule has 25 heavy (non-hydrogen) atoms. The normalized spacial score (nSPS) is 22.6. The number of aryl methyl sites for hydroxylation is 1. The molecule has 6 nitrogen and oxygen atoms in total. The van der Waals surface area contributed by atoms with Gasteiger partial charge in [0.05, 0.1) is 5.92 Å². The van der Waals surface area contributed by atoms with Gasteiger partial charge in [-0.3, -0.25) is 4.79 Å². The molecule has 0 aliphatic carbocycles. The van der Waals surface area contributed by atoms with Crippen LogP contribution in [0.5, 0.6) is 0 Å². The zero-order valence-corrected chi connectivity index (χ0v) is 14.8. The third kappa shape index (κ3) is 3.79. The molecule has 0 unspecified atom stereocenters. The lowest BCUT2D eigenvalue weighted by Crippen LogP contribution is -2.48. The number of ether oxygens (including phenoxy) is 1. The molecule has 2 heterocycles. The first kappa shape index (κ1) is 17.7. The molecule has 6 heteroatoms. The van der Waals surface area contributed by atoms with E-state index in [1.807, 2.05) is 6.07 Å². The molecular weight excluding hydrogens is 318 g/mol. The fraction of sp³-hybridized carbons (Fsp3) is 0.579. The van der Waals surface area contributed by atoms with E-state index < -0.39 is 0 Å². The van der Waals surface area contributed by atoms with Crippen molar-refractivity contribution < 1.29 is 14.3 Å². The number of amides is 3. The van der Waals surface area contributed by atoms with Crippen molar-refractivity contribution in [3.8, 4) is 0 Å². The SMILES string of the molecule is Cc1ccccc1C1(CNC(=O)N2CC[C@@H](C(N)=O)C2)CCOCC1. The number of carbonyl (C=O) groups is 2. The average molecular weight is 345 g/mol. The maximum absolute atomic E-state index is 12.5. The molecular formula is C19H27N3O3. The standard InChI is InChI=1S/C19H27N3O3/c1-14-4-2-3-5-16(14)19(7-10-25-11-8-19)13-21-18(24)22-9-6-15(12-22)17(20)23/h2-5,15H,6-13H2,1H3,(H2,20,23)(H,21,24)/t15-/m1/s1. The number of hydrogen-bond donors (Lipinski definition) is 2. The smallest absolute Gasteiger partial charge is 0.317 e. The second-order valence-corrected chi connectivity index (χ2v) is 7.20. The molecule has 0 spiro atoms. The molecule has 0 radical (unpaired) electrons. The minimum absolute atomic E-state index is 0.0952. The summed E-state index contributed by atoms with van der Waals surface area (Å²) in [5.41, 5.74) is 7.79. The number of benzene rings is 1. The summed E-state index contributed by atoms with van der Waals surface area (Å²) in [5, 5.41) is 3.10. The van der Waals surface area contributed by atoms with Crippen molar-refractivity contribution in [2.24, 2.45) is 11.7 Å². The summed E-state index contributed by atoms with van der Waals surface area (Å²) < 4.78 is 5.56. The van der Waals surface area contributed by atoms with Crippen LogP contribution in [-0.4, -0.2) is 49.7 Å². The summed E-state index contributed by atoms with van der Waals surface area (Å²) in [6, 6.07) is 8.26. The van der Waals surface area contributed by atoms with Crippen LogP contribution >= 0.6 is 0 Å². The average Bonchev–Trinajstić information content (AvgIpc) is 3.11. The van der Waals surface area contributed by atoms with E-state index in [4.69, 9.17) is 10.5 Å². The highest BCUT2D eigenvalue weighted by atomic mass is 16.5. The van der Waals surface area contributed by atoms with Gasteiger partial charge in [-0.2, -0.15) is 0 Å². The second-order valence-electron chi connectivity index (χ2n) is 7.20. The van der Waals surface area contributed by atoms with E-state index in [2.05, 4.69) is 30.4 Å². The molecule has 0 bridgehead atoms. The van der Waals surface area contributed by atoms with Crippen LogP contribution in [0.1, 0.15) is 30.4 Å². The summed E-state index contributed by atoms with van der Waals surface area (Å²) in [5.74, 6) is -0.546. The fourth-order valence-corrected chi connectivity index (χ4v) is 4.00. The van der Waals surface area contributed by atoms with Gasteiger partial charge in [-0.05, 0) is 37.3 Å². The zero-order valence-electron chi connectivity index (χ0n) is 14.8. The van der Waals surface area contributed by atoms with Gasteiger partial charge in [-0.25, -0.2) is 4.79 Å². The molecule has 2 saturated heterocycles. The van der Waals surface area contributed by atoms with Gasteiger partial charge in [0.15, 0.2) is 0 Å². The Bertz CT molecular complexity index is 641. The van der Waals surface area contributed by atoms with Crippen LogP contribution in [0.4, 0.5) is 4.79 Å². The monoisotopic (exact) mass is 345 g/mol. The molecule has 1 aromatic carbocycles. The Balaban J connectivity index is 1.69. The van der Waals surface area contributed by atoms with Gasteiger partial charge in [-0.1, -0.05) is 24.3 Å². The first-order chi connectivity index (χ1) is 12.0. The van der Waals surface area contributed by atoms with Crippen LogP contribution in [0.3, 0.4) is 0 Å². The molecule has 136 valence electrons. The number of hydrogen-bond acceptors (Lipinski definition) is 3. The van der Waals surface area contributed by atoms with E-state index in [-0.39, 0.29) is 23.3 Å². The van der Waals surface area contributed by atoms with Gasteiger partial charge in [-0.15, -0.1) is 0 Å². The first-order valence-electron chi connectivity index (χ1n) is 8.98. The molecule has 1 aromatic rings. The molecule has 3 amide bonds. The van der Waals surface area contributed by atoms with Crippen molar-refractivity contribution in [3.63, 3.8) is 0 Å². The minimum atomic E-state index is -0.323. The lowest BCUT2D eigenvalue weighted by molar-refractivity contribution is -0.121. The number of likely N-dealkylation sites (tertiary alicyclic amines) is 1. The number of urea groups is 1. The van der Waals surface area contributed by atoms with Crippen molar-refractivity contribution in [1.82, 2.24) is 10.2 Å². The highest BCUT2D eigenvalue weighted by Gasteiger charge is 2.37. The molecule has 3 rings (SSSR count). The predicted octanol–water partition coefficient (Wildman–Crippen LogP) is 1.56. The predicted molar refractivity (Wildman–Crippen MR) is 95.2 cm³/mol. The van der Waals surface area contributed by atoms with Crippen molar-refractivity contribution >= 4 is 11.9 Å². The maximum Gasteiger partial charge on any atom is 0.317 e. The summed E-state index contributed by atoms with van der Waals surface area (Å²) in [7, 11) is 0. The molecule has 1 atom stereocenters. The van der Waals surface area contributed by atoms with Crippen LogP contribution in [0.25, 0.3) is 0 Å². The Labute approximate surface area is 148 Å². The van der Waals surface area contributed by atoms with E-state index in [0.29, 0.717) is 39.3 Å². The van der Waals surface area contributed by atoms with E-state index in [1.165, 1.54) is 11.1 Å². The lowest BCUT2D eigenvalue weighted by atomic mass is 9.72. The van der Waals surface area contributed by atoms with Gasteiger partial charge >= 0.3 is 6.03 Å². The second kappa shape index (κ2) is 7.44. The van der Waals surface area contributed by atoms with Crippen molar-refractivity contribution in [2.45, 2.75) is 31.6 Å². The summed E-state index contributed by atoms with van der Waals surface area (Å²) in [4.78, 5) is 25.5. The van der Waals surface area contributed by atoms with E-state index >= 15 is 0 Å². The third-order valence-electron chi connectivity index (χ3n) is 5.62. The van der Waals surface area contributed by atoms with Gasteiger partial charge in [0, 0.05) is 38.3 Å². The number of primary amides is 1. The highest BCUT2D eigenvalue weighted by Crippen LogP contribution is 2.36. The van der Waals surface area contributed by atoms with Gasteiger partial charge in [0.25, 0.3) is 0 Å². The van der Waals surface area contributed by atoms with Crippen molar-refractivity contribution in [1.29, 1.82) is 0 Å². The lowest BCUT2D eigenvalue weighted by Gasteiger charge is -2.39. The number of carbonyl (C=O) groups excluding carboxylic acids is 2. The molecule has 0 aromatic heterocycles. The molecule has 2 aliphatic rings. The van der Waals surface area contributed by atoms with Crippen molar-refractivity contribution in [3.05, 3.63) is 35.4 Å². The largest absolute Gasteiger partial charge is 0.381 e. The Hall–Kier alpha value is -2.08. The van der Waals surface area contributed by atoms with Crippen molar-refractivity contribution in [2.75, 3.05) is 32.8 Å². The van der Waals surface area contributed by atoms with Crippen LogP contribution < -0.4 is 11.1 Å². The maximum atomic E-state index is 12.5. The molecule has 2 aliphatic heterocycles. The van der Waals surface area contributed by atoms with Crippen LogP contribution in [-0.2, 0) is 14.9 Å². The first-order valence-corrected chi connectivity index (χ1v) is 8.98.